The molecule has 0 atom stereocenters. The molecule has 2 N–H and O–H groups in total. The lowest BCUT2D eigenvalue weighted by Crippen LogP contribution is -1.98. The fourth-order valence-electron chi connectivity index (χ4n) is 2.01. The zero-order valence-electron chi connectivity index (χ0n) is 11.9. The monoisotopic (exact) mass is 265 g/mol. The van der Waals surface area contributed by atoms with Gasteiger partial charge in [0.05, 0.1) is 6.54 Å². The third-order valence-electron chi connectivity index (χ3n) is 2.99. The van der Waals surface area contributed by atoms with Crippen molar-refractivity contribution in [1.29, 1.82) is 0 Å². The average Bonchev–Trinajstić information content (AvgIpc) is 2.45. The molecule has 0 fully saturated rings. The minimum atomic E-state index is 0.378. The summed E-state index contributed by atoms with van der Waals surface area (Å²) in [6, 6.07) is 14.2. The van der Waals surface area contributed by atoms with E-state index in [1.807, 2.05) is 30.3 Å². The second-order valence-electron chi connectivity index (χ2n) is 4.76. The molecular weight excluding hydrogens is 246 g/mol. The van der Waals surface area contributed by atoms with Crippen LogP contribution in [0, 0.1) is 25.7 Å². The van der Waals surface area contributed by atoms with Crippen LogP contribution in [0.15, 0.2) is 42.5 Å². The molecule has 0 bridgehead atoms. The number of aryl methyl sites for hydroxylation is 2. The van der Waals surface area contributed by atoms with Crippen molar-refractivity contribution >= 4 is 0 Å². The molecule has 0 aliphatic rings. The lowest BCUT2D eigenvalue weighted by Gasteiger charge is -2.10. The predicted molar refractivity (Wildman–Crippen MR) is 82.6 cm³/mol. The van der Waals surface area contributed by atoms with Crippen LogP contribution in [-0.2, 0) is 6.61 Å². The first-order chi connectivity index (χ1) is 9.69. The number of rotatable bonds is 3. The summed E-state index contributed by atoms with van der Waals surface area (Å²) in [7, 11) is 0. The molecule has 0 heterocycles. The summed E-state index contributed by atoms with van der Waals surface area (Å²) < 4.78 is 5.86. The van der Waals surface area contributed by atoms with Crippen LogP contribution in [0.1, 0.15) is 22.3 Å². The van der Waals surface area contributed by atoms with Gasteiger partial charge in [-0.15, -0.1) is 0 Å². The maximum absolute atomic E-state index is 5.86. The first-order valence-electron chi connectivity index (χ1n) is 6.67. The van der Waals surface area contributed by atoms with Crippen molar-refractivity contribution in [2.45, 2.75) is 20.5 Å². The van der Waals surface area contributed by atoms with E-state index in [0.717, 1.165) is 22.4 Å². The highest BCUT2D eigenvalue weighted by atomic mass is 16.5. The molecule has 2 aromatic carbocycles. The van der Waals surface area contributed by atoms with Gasteiger partial charge in [-0.05, 0) is 43.2 Å². The topological polar surface area (TPSA) is 35.2 Å². The van der Waals surface area contributed by atoms with Crippen molar-refractivity contribution in [3.63, 3.8) is 0 Å². The Morgan fingerprint density at radius 2 is 1.95 bits per heavy atom. The maximum atomic E-state index is 5.86. The first-order valence-corrected chi connectivity index (χ1v) is 6.67. The van der Waals surface area contributed by atoms with Gasteiger partial charge in [-0.3, -0.25) is 0 Å². The van der Waals surface area contributed by atoms with Crippen molar-refractivity contribution in [1.82, 2.24) is 0 Å². The van der Waals surface area contributed by atoms with Crippen LogP contribution < -0.4 is 10.5 Å². The molecule has 0 amide bonds. The zero-order valence-corrected chi connectivity index (χ0v) is 11.9. The van der Waals surface area contributed by atoms with E-state index in [-0.39, 0.29) is 0 Å². The molecule has 102 valence electrons. The van der Waals surface area contributed by atoms with Gasteiger partial charge in [-0.25, -0.2) is 0 Å². The number of hydrogen-bond acceptors (Lipinski definition) is 2. The van der Waals surface area contributed by atoms with E-state index in [4.69, 9.17) is 10.5 Å². The Hall–Kier alpha value is -2.24. The number of benzene rings is 2. The molecule has 0 saturated heterocycles. The summed E-state index contributed by atoms with van der Waals surface area (Å²) in [6.07, 6.45) is 0. The fourth-order valence-corrected chi connectivity index (χ4v) is 2.01. The quantitative estimate of drug-likeness (QED) is 0.865. The van der Waals surface area contributed by atoms with Crippen LogP contribution >= 0.6 is 0 Å². The second kappa shape index (κ2) is 6.79. The minimum absolute atomic E-state index is 0.378. The van der Waals surface area contributed by atoms with Gasteiger partial charge in [0, 0.05) is 5.56 Å². The molecule has 20 heavy (non-hydrogen) atoms. The summed E-state index contributed by atoms with van der Waals surface area (Å²) in [5, 5.41) is 0. The van der Waals surface area contributed by atoms with Crippen molar-refractivity contribution < 1.29 is 4.74 Å². The lowest BCUT2D eigenvalue weighted by molar-refractivity contribution is 0.304. The van der Waals surface area contributed by atoms with Gasteiger partial charge in [-0.2, -0.15) is 0 Å². The molecule has 2 rings (SSSR count). The third kappa shape index (κ3) is 3.88. The summed E-state index contributed by atoms with van der Waals surface area (Å²) in [6.45, 7) is 5.06. The van der Waals surface area contributed by atoms with E-state index in [1.165, 1.54) is 5.56 Å². The van der Waals surface area contributed by atoms with Gasteiger partial charge in [0.1, 0.15) is 12.4 Å². The van der Waals surface area contributed by atoms with E-state index >= 15 is 0 Å². The Kier molecular flexibility index (Phi) is 4.81. The van der Waals surface area contributed by atoms with E-state index in [9.17, 15) is 0 Å². The Labute approximate surface area is 120 Å². The summed E-state index contributed by atoms with van der Waals surface area (Å²) in [5.74, 6) is 6.81. The van der Waals surface area contributed by atoms with E-state index in [0.29, 0.717) is 13.2 Å². The van der Waals surface area contributed by atoms with E-state index < -0.39 is 0 Å². The summed E-state index contributed by atoms with van der Waals surface area (Å²) in [5.41, 5.74) is 9.86. The molecular formula is C18H19NO. The van der Waals surface area contributed by atoms with Crippen LogP contribution in [0.25, 0.3) is 0 Å². The molecule has 2 aromatic rings. The van der Waals surface area contributed by atoms with Crippen LogP contribution in [-0.4, -0.2) is 6.54 Å². The highest BCUT2D eigenvalue weighted by Crippen LogP contribution is 2.20. The van der Waals surface area contributed by atoms with Gasteiger partial charge >= 0.3 is 0 Å². The Bertz CT molecular complexity index is 650. The Morgan fingerprint density at radius 3 is 2.70 bits per heavy atom. The Balaban J connectivity index is 2.07. The van der Waals surface area contributed by atoms with Gasteiger partial charge in [0.15, 0.2) is 0 Å². The second-order valence-corrected chi connectivity index (χ2v) is 4.76. The summed E-state index contributed by atoms with van der Waals surface area (Å²) >= 11 is 0. The third-order valence-corrected chi connectivity index (χ3v) is 2.99. The molecule has 0 radical (unpaired) electrons. The molecule has 0 unspecified atom stereocenters. The normalized spacial score (nSPS) is 9.75. The average molecular weight is 265 g/mol. The lowest BCUT2D eigenvalue weighted by atomic mass is 10.1. The molecule has 0 aromatic heterocycles. The van der Waals surface area contributed by atoms with Crippen molar-refractivity contribution in [3.8, 4) is 17.6 Å². The smallest absolute Gasteiger partial charge is 0.122 e. The standard InChI is InChI=1S/C18H19NO/c1-14-8-9-18(15(2)11-14)20-13-17-6-3-5-16(12-17)7-4-10-19/h3,5-6,8-9,11-12H,10,13,19H2,1-2H3. The zero-order chi connectivity index (χ0) is 14.4. The van der Waals surface area contributed by atoms with Gasteiger partial charge in [0.2, 0.25) is 0 Å². The molecule has 0 aliphatic heterocycles. The number of ether oxygens (including phenoxy) is 1. The molecule has 0 saturated carbocycles. The highest BCUT2D eigenvalue weighted by Gasteiger charge is 2.01. The number of nitrogens with two attached hydrogens (primary N) is 1. The molecule has 2 heteroatoms. The number of hydrogen-bond donors (Lipinski definition) is 1. The Morgan fingerprint density at radius 1 is 1.10 bits per heavy atom. The van der Waals surface area contributed by atoms with Crippen LogP contribution in [0.2, 0.25) is 0 Å². The van der Waals surface area contributed by atoms with Crippen LogP contribution in [0.3, 0.4) is 0 Å². The molecule has 0 aliphatic carbocycles. The van der Waals surface area contributed by atoms with Crippen molar-refractivity contribution in [2.24, 2.45) is 5.73 Å². The largest absolute Gasteiger partial charge is 0.489 e. The van der Waals surface area contributed by atoms with Gasteiger partial charge < -0.3 is 10.5 Å². The van der Waals surface area contributed by atoms with E-state index in [2.05, 4.69) is 37.8 Å². The van der Waals surface area contributed by atoms with E-state index in [1.54, 1.807) is 0 Å². The molecule has 0 spiro atoms. The van der Waals surface area contributed by atoms with Gasteiger partial charge in [0.25, 0.3) is 0 Å². The maximum Gasteiger partial charge on any atom is 0.122 e. The highest BCUT2D eigenvalue weighted by molar-refractivity contribution is 5.38. The minimum Gasteiger partial charge on any atom is -0.489 e. The fraction of sp³-hybridized carbons (Fsp3) is 0.222. The van der Waals surface area contributed by atoms with Gasteiger partial charge in [-0.1, -0.05) is 41.7 Å². The molecule has 2 nitrogen and oxygen atoms in total. The van der Waals surface area contributed by atoms with Crippen LogP contribution in [0.4, 0.5) is 0 Å². The first kappa shape index (κ1) is 14.2. The predicted octanol–water partition coefficient (Wildman–Crippen LogP) is 3.19. The SMILES string of the molecule is Cc1ccc(OCc2cccc(C#CCN)c2)c(C)c1. The van der Waals surface area contributed by atoms with Crippen LogP contribution in [0.5, 0.6) is 5.75 Å². The van der Waals surface area contributed by atoms with Crippen molar-refractivity contribution in [2.75, 3.05) is 6.54 Å². The van der Waals surface area contributed by atoms with Crippen molar-refractivity contribution in [3.05, 3.63) is 64.7 Å². The summed E-state index contributed by atoms with van der Waals surface area (Å²) in [4.78, 5) is 0.